The Kier molecular flexibility index (Phi) is 6.43. The van der Waals surface area contributed by atoms with E-state index in [0.717, 1.165) is 35.7 Å². The van der Waals surface area contributed by atoms with Crippen molar-refractivity contribution in [1.82, 2.24) is 14.8 Å². The molecule has 0 fully saturated rings. The van der Waals surface area contributed by atoms with Crippen molar-refractivity contribution in [3.8, 4) is 17.1 Å². The Hall–Kier alpha value is -3.44. The molecule has 0 atom stereocenters. The van der Waals surface area contributed by atoms with Crippen molar-refractivity contribution in [1.29, 1.82) is 0 Å². The highest BCUT2D eigenvalue weighted by molar-refractivity contribution is 5.62. The second-order valence-corrected chi connectivity index (χ2v) is 7.62. The molecule has 0 radical (unpaired) electrons. The van der Waals surface area contributed by atoms with E-state index in [0.29, 0.717) is 12.2 Å². The summed E-state index contributed by atoms with van der Waals surface area (Å²) in [5.41, 5.74) is 5.60. The summed E-state index contributed by atoms with van der Waals surface area (Å²) >= 11 is 0. The molecule has 1 aromatic heterocycles. The summed E-state index contributed by atoms with van der Waals surface area (Å²) in [4.78, 5) is 7.07. The lowest BCUT2D eigenvalue weighted by Gasteiger charge is -2.23. The van der Waals surface area contributed by atoms with E-state index in [1.807, 2.05) is 22.9 Å². The van der Waals surface area contributed by atoms with E-state index in [4.69, 9.17) is 4.98 Å². The molecule has 31 heavy (non-hydrogen) atoms. The van der Waals surface area contributed by atoms with Crippen molar-refractivity contribution in [3.05, 3.63) is 95.8 Å². The molecule has 1 heterocycles. The van der Waals surface area contributed by atoms with Crippen molar-refractivity contribution in [2.24, 2.45) is 0 Å². The van der Waals surface area contributed by atoms with Crippen LogP contribution in [-0.2, 0) is 13.0 Å². The predicted octanol–water partition coefficient (Wildman–Crippen LogP) is 4.80. The Morgan fingerprint density at radius 3 is 2.39 bits per heavy atom. The molecule has 0 saturated heterocycles. The van der Waals surface area contributed by atoms with Crippen molar-refractivity contribution in [2.45, 2.75) is 26.8 Å². The Morgan fingerprint density at radius 2 is 1.71 bits per heavy atom. The van der Waals surface area contributed by atoms with Crippen molar-refractivity contribution in [2.75, 3.05) is 18.1 Å². The first-order valence-electron chi connectivity index (χ1n) is 10.7. The van der Waals surface area contributed by atoms with Crippen molar-refractivity contribution in [3.63, 3.8) is 0 Å². The molecular formula is C26H28N4O. The first kappa shape index (κ1) is 20.8. The molecule has 5 nitrogen and oxygen atoms in total. The van der Waals surface area contributed by atoms with Crippen LogP contribution in [0.1, 0.15) is 23.9 Å². The number of hydrogen-bond donors (Lipinski definition) is 1. The Morgan fingerprint density at radius 1 is 0.935 bits per heavy atom. The Bertz CT molecular complexity index is 1120. The van der Waals surface area contributed by atoms with Crippen LogP contribution in [0, 0.1) is 6.92 Å². The third kappa shape index (κ3) is 4.84. The zero-order valence-electron chi connectivity index (χ0n) is 18.1. The standard InChI is InChI=1S/C26H28N4O/c1-3-29(19-21-9-5-4-6-10-21)23-14-12-22(13-15-23)26-27-25(16-17-31)28-30(26)24-11-7-8-20(2)18-24/h4-15,18,31H,3,16-17,19H2,1-2H3. The summed E-state index contributed by atoms with van der Waals surface area (Å²) < 4.78 is 1.87. The smallest absolute Gasteiger partial charge is 0.163 e. The second-order valence-electron chi connectivity index (χ2n) is 7.62. The van der Waals surface area contributed by atoms with Crippen molar-refractivity contribution >= 4 is 5.69 Å². The minimum Gasteiger partial charge on any atom is -0.396 e. The SMILES string of the molecule is CCN(Cc1ccccc1)c1ccc(-c2nc(CCO)nn2-c2cccc(C)c2)cc1. The van der Waals surface area contributed by atoms with Crippen LogP contribution in [0.5, 0.6) is 0 Å². The van der Waals surface area contributed by atoms with E-state index in [1.165, 1.54) is 11.3 Å². The minimum absolute atomic E-state index is 0.0289. The third-order valence-corrected chi connectivity index (χ3v) is 5.32. The van der Waals surface area contributed by atoms with Crippen LogP contribution in [0.3, 0.4) is 0 Å². The van der Waals surface area contributed by atoms with Crippen LogP contribution < -0.4 is 4.90 Å². The molecular weight excluding hydrogens is 384 g/mol. The summed E-state index contributed by atoms with van der Waals surface area (Å²) in [5, 5.41) is 14.0. The van der Waals surface area contributed by atoms with Gasteiger partial charge < -0.3 is 10.0 Å². The van der Waals surface area contributed by atoms with Crippen LogP contribution in [0.25, 0.3) is 17.1 Å². The Balaban J connectivity index is 1.65. The number of hydrogen-bond acceptors (Lipinski definition) is 4. The Labute approximate surface area is 183 Å². The lowest BCUT2D eigenvalue weighted by Crippen LogP contribution is -2.21. The molecule has 158 valence electrons. The van der Waals surface area contributed by atoms with E-state index in [-0.39, 0.29) is 6.61 Å². The van der Waals surface area contributed by atoms with Gasteiger partial charge in [-0.05, 0) is 61.4 Å². The van der Waals surface area contributed by atoms with Crippen LogP contribution in [-0.4, -0.2) is 33.0 Å². The average Bonchev–Trinajstić information content (AvgIpc) is 3.22. The maximum Gasteiger partial charge on any atom is 0.163 e. The molecule has 0 bridgehead atoms. The maximum atomic E-state index is 9.36. The van der Waals surface area contributed by atoms with Gasteiger partial charge in [0.2, 0.25) is 0 Å². The van der Waals surface area contributed by atoms with E-state index >= 15 is 0 Å². The molecule has 4 aromatic rings. The number of anilines is 1. The fourth-order valence-corrected chi connectivity index (χ4v) is 3.70. The molecule has 0 aliphatic carbocycles. The summed E-state index contributed by atoms with van der Waals surface area (Å²) in [6.45, 7) is 6.06. The molecule has 0 aliphatic rings. The minimum atomic E-state index is 0.0289. The van der Waals surface area contributed by atoms with Gasteiger partial charge in [-0.2, -0.15) is 5.10 Å². The van der Waals surface area contributed by atoms with Gasteiger partial charge in [0.15, 0.2) is 11.6 Å². The van der Waals surface area contributed by atoms with Crippen LogP contribution >= 0.6 is 0 Å². The summed E-state index contributed by atoms with van der Waals surface area (Å²) in [5.74, 6) is 1.43. The van der Waals surface area contributed by atoms with Crippen LogP contribution in [0.15, 0.2) is 78.9 Å². The molecule has 1 N–H and O–H groups in total. The van der Waals surface area contributed by atoms with Gasteiger partial charge in [0.05, 0.1) is 12.3 Å². The first-order chi connectivity index (χ1) is 15.2. The third-order valence-electron chi connectivity index (χ3n) is 5.32. The highest BCUT2D eigenvalue weighted by atomic mass is 16.3. The molecule has 5 heteroatoms. The van der Waals surface area contributed by atoms with Gasteiger partial charge in [-0.1, -0.05) is 42.5 Å². The summed E-state index contributed by atoms with van der Waals surface area (Å²) in [6.07, 6.45) is 0.435. The maximum absolute atomic E-state index is 9.36. The lowest BCUT2D eigenvalue weighted by atomic mass is 10.1. The molecule has 0 unspecified atom stereocenters. The number of aliphatic hydroxyl groups excluding tert-OH is 1. The van der Waals surface area contributed by atoms with Gasteiger partial charge in [0.25, 0.3) is 0 Å². The molecule has 0 saturated carbocycles. The largest absolute Gasteiger partial charge is 0.396 e. The van der Waals surface area contributed by atoms with Crippen LogP contribution in [0.4, 0.5) is 5.69 Å². The normalized spacial score (nSPS) is 10.9. The number of aromatic nitrogens is 3. The molecule has 3 aromatic carbocycles. The fourth-order valence-electron chi connectivity index (χ4n) is 3.70. The van der Waals surface area contributed by atoms with E-state index < -0.39 is 0 Å². The lowest BCUT2D eigenvalue weighted by molar-refractivity contribution is 0.296. The van der Waals surface area contributed by atoms with Gasteiger partial charge in [-0.25, -0.2) is 9.67 Å². The number of benzene rings is 3. The zero-order chi connectivity index (χ0) is 21.6. The summed E-state index contributed by atoms with van der Waals surface area (Å²) in [6, 6.07) is 27.2. The number of aliphatic hydroxyl groups is 1. The molecule has 0 spiro atoms. The molecule has 4 rings (SSSR count). The average molecular weight is 413 g/mol. The number of rotatable bonds is 8. The van der Waals surface area contributed by atoms with Crippen LogP contribution in [0.2, 0.25) is 0 Å². The van der Waals surface area contributed by atoms with Gasteiger partial charge in [0.1, 0.15) is 0 Å². The number of nitrogens with zero attached hydrogens (tertiary/aromatic N) is 4. The fraction of sp³-hybridized carbons (Fsp3) is 0.231. The highest BCUT2D eigenvalue weighted by Crippen LogP contribution is 2.25. The van der Waals surface area contributed by atoms with Gasteiger partial charge >= 0.3 is 0 Å². The predicted molar refractivity (Wildman–Crippen MR) is 125 cm³/mol. The zero-order valence-corrected chi connectivity index (χ0v) is 18.1. The van der Waals surface area contributed by atoms with Gasteiger partial charge in [0, 0.05) is 30.8 Å². The molecule has 0 aliphatic heterocycles. The second kappa shape index (κ2) is 9.58. The van der Waals surface area contributed by atoms with Gasteiger partial charge in [-0.15, -0.1) is 0 Å². The molecule has 0 amide bonds. The summed E-state index contributed by atoms with van der Waals surface area (Å²) in [7, 11) is 0. The van der Waals surface area contributed by atoms with E-state index in [1.54, 1.807) is 0 Å². The number of aryl methyl sites for hydroxylation is 1. The van der Waals surface area contributed by atoms with Gasteiger partial charge in [-0.3, -0.25) is 0 Å². The monoisotopic (exact) mass is 412 g/mol. The first-order valence-corrected chi connectivity index (χ1v) is 10.7. The highest BCUT2D eigenvalue weighted by Gasteiger charge is 2.14. The topological polar surface area (TPSA) is 54.2 Å². The van der Waals surface area contributed by atoms with Crippen molar-refractivity contribution < 1.29 is 5.11 Å². The van der Waals surface area contributed by atoms with E-state index in [2.05, 4.69) is 84.5 Å². The van der Waals surface area contributed by atoms with E-state index in [9.17, 15) is 5.11 Å². The quantitative estimate of drug-likeness (QED) is 0.451.